The number of hydrogen-bond acceptors (Lipinski definition) is 5. The Morgan fingerprint density at radius 1 is 1.10 bits per heavy atom. The van der Waals surface area contributed by atoms with E-state index in [4.69, 9.17) is 9.47 Å². The van der Waals surface area contributed by atoms with E-state index < -0.39 is 5.60 Å². The predicted octanol–water partition coefficient (Wildman–Crippen LogP) is 5.93. The van der Waals surface area contributed by atoms with Crippen molar-refractivity contribution in [2.75, 3.05) is 40.4 Å². The minimum atomic E-state index is -1.14. The fraction of sp³-hybridized carbons (Fsp3) is 0.594. The number of nitrogens with one attached hydrogen (secondary N) is 2. The Morgan fingerprint density at radius 2 is 1.82 bits per heavy atom. The van der Waals surface area contributed by atoms with E-state index in [1.165, 1.54) is 0 Å². The number of para-hydroxylation sites is 2. The molecule has 7 heteroatoms. The smallest absolute Gasteiger partial charge is 0.317 e. The van der Waals surface area contributed by atoms with E-state index >= 15 is 0 Å². The van der Waals surface area contributed by atoms with E-state index in [-0.39, 0.29) is 23.4 Å². The van der Waals surface area contributed by atoms with Crippen molar-refractivity contribution in [2.45, 2.75) is 70.9 Å². The van der Waals surface area contributed by atoms with E-state index in [1.54, 1.807) is 7.11 Å². The van der Waals surface area contributed by atoms with Crippen molar-refractivity contribution in [3.8, 4) is 11.5 Å². The Hall–Kier alpha value is -2.61. The van der Waals surface area contributed by atoms with Crippen molar-refractivity contribution in [3.05, 3.63) is 60.2 Å². The fourth-order valence-electron chi connectivity index (χ4n) is 5.71. The molecule has 216 valence electrons. The number of nitrogens with zero attached hydrogens (tertiary/aromatic N) is 1. The SMILES string of the molecule is CNC[C@H](CC(C)(C)C)NC(=O)N1CCC[C@@H]([C@@](O)(CCCCOC)c2ccccc2Oc2ccccc2)C1. The highest BCUT2D eigenvalue weighted by Gasteiger charge is 2.43. The topological polar surface area (TPSA) is 83.1 Å². The van der Waals surface area contributed by atoms with Gasteiger partial charge in [0, 0.05) is 50.9 Å². The number of rotatable bonds is 13. The molecule has 0 aliphatic carbocycles. The van der Waals surface area contributed by atoms with Gasteiger partial charge in [-0.25, -0.2) is 4.79 Å². The highest BCUT2D eigenvalue weighted by atomic mass is 16.5. The third-order valence-electron chi connectivity index (χ3n) is 7.50. The molecule has 1 fully saturated rings. The largest absolute Gasteiger partial charge is 0.457 e. The van der Waals surface area contributed by atoms with Gasteiger partial charge in [-0.3, -0.25) is 0 Å². The monoisotopic (exact) mass is 539 g/mol. The van der Waals surface area contributed by atoms with Crippen LogP contribution in [0.25, 0.3) is 0 Å². The molecule has 3 rings (SSSR count). The van der Waals surface area contributed by atoms with Crippen molar-refractivity contribution >= 4 is 6.03 Å². The molecule has 2 amide bonds. The van der Waals surface area contributed by atoms with Gasteiger partial charge in [-0.15, -0.1) is 0 Å². The third-order valence-corrected chi connectivity index (χ3v) is 7.50. The van der Waals surface area contributed by atoms with Crippen molar-refractivity contribution in [2.24, 2.45) is 11.3 Å². The Bertz CT molecular complexity index is 1010. The van der Waals surface area contributed by atoms with E-state index in [1.807, 2.05) is 66.5 Å². The average molecular weight is 540 g/mol. The molecule has 0 aromatic heterocycles. The van der Waals surface area contributed by atoms with Crippen LogP contribution in [0.5, 0.6) is 11.5 Å². The maximum absolute atomic E-state index is 13.4. The van der Waals surface area contributed by atoms with Crippen LogP contribution in [0.2, 0.25) is 0 Å². The predicted molar refractivity (Wildman–Crippen MR) is 157 cm³/mol. The number of likely N-dealkylation sites (tertiary alicyclic amines) is 1. The van der Waals surface area contributed by atoms with Crippen molar-refractivity contribution in [1.82, 2.24) is 15.5 Å². The van der Waals surface area contributed by atoms with Gasteiger partial charge in [0.1, 0.15) is 11.5 Å². The number of aliphatic hydroxyl groups is 1. The van der Waals surface area contributed by atoms with Crippen molar-refractivity contribution in [3.63, 3.8) is 0 Å². The quantitative estimate of drug-likeness (QED) is 0.275. The molecular weight excluding hydrogens is 490 g/mol. The summed E-state index contributed by atoms with van der Waals surface area (Å²) in [5, 5.41) is 19.0. The lowest BCUT2D eigenvalue weighted by Gasteiger charge is -2.43. The molecule has 1 heterocycles. The number of methoxy groups -OCH3 is 1. The zero-order chi connectivity index (χ0) is 28.3. The summed E-state index contributed by atoms with van der Waals surface area (Å²) < 4.78 is 11.6. The Kier molecular flexibility index (Phi) is 11.6. The Labute approximate surface area is 235 Å². The van der Waals surface area contributed by atoms with Crippen LogP contribution >= 0.6 is 0 Å². The fourth-order valence-corrected chi connectivity index (χ4v) is 5.71. The number of ether oxygens (including phenoxy) is 2. The van der Waals surface area contributed by atoms with Crippen LogP contribution in [0.4, 0.5) is 4.79 Å². The molecule has 2 aromatic rings. The highest BCUT2D eigenvalue weighted by Crippen LogP contribution is 2.44. The molecule has 1 aliphatic heterocycles. The maximum atomic E-state index is 13.4. The van der Waals surface area contributed by atoms with Gasteiger partial charge < -0.3 is 30.1 Å². The summed E-state index contributed by atoms with van der Waals surface area (Å²) in [6.45, 7) is 9.12. The number of unbranched alkanes of at least 4 members (excludes halogenated alkanes) is 1. The van der Waals surface area contributed by atoms with Crippen molar-refractivity contribution < 1.29 is 19.4 Å². The molecule has 7 nitrogen and oxygen atoms in total. The zero-order valence-corrected chi connectivity index (χ0v) is 24.5. The first-order chi connectivity index (χ1) is 18.7. The molecule has 3 N–H and O–H groups in total. The summed E-state index contributed by atoms with van der Waals surface area (Å²) in [5.41, 5.74) is -0.267. The zero-order valence-electron chi connectivity index (χ0n) is 24.5. The average Bonchev–Trinajstić information content (AvgIpc) is 2.91. The Morgan fingerprint density at radius 3 is 2.51 bits per heavy atom. The van der Waals surface area contributed by atoms with Crippen LogP contribution in [-0.4, -0.2) is 62.5 Å². The lowest BCUT2D eigenvalue weighted by molar-refractivity contribution is -0.0575. The first kappa shape index (κ1) is 30.9. The van der Waals surface area contributed by atoms with E-state index in [0.29, 0.717) is 38.4 Å². The second-order valence-electron chi connectivity index (χ2n) is 12.0. The van der Waals surface area contributed by atoms with Crippen LogP contribution in [0.15, 0.2) is 54.6 Å². The number of urea groups is 1. The molecule has 1 aliphatic rings. The number of benzene rings is 2. The summed E-state index contributed by atoms with van der Waals surface area (Å²) in [6.07, 6.45) is 4.79. The third kappa shape index (κ3) is 9.23. The number of likely N-dealkylation sites (N-methyl/N-ethyl adjacent to an activating group) is 1. The van der Waals surface area contributed by atoms with Crippen LogP contribution in [-0.2, 0) is 10.3 Å². The number of hydrogen-bond donors (Lipinski definition) is 3. The van der Waals surface area contributed by atoms with Gasteiger partial charge in [0.05, 0.1) is 5.60 Å². The molecule has 1 saturated heterocycles. The molecule has 2 aromatic carbocycles. The number of amides is 2. The second kappa shape index (κ2) is 14.7. The minimum absolute atomic E-state index is 0.0378. The van der Waals surface area contributed by atoms with Gasteiger partial charge >= 0.3 is 6.03 Å². The summed E-state index contributed by atoms with van der Waals surface area (Å²) in [4.78, 5) is 15.3. The van der Waals surface area contributed by atoms with Gasteiger partial charge in [0.25, 0.3) is 0 Å². The summed E-state index contributed by atoms with van der Waals surface area (Å²) in [6, 6.07) is 17.4. The van der Waals surface area contributed by atoms with Gasteiger partial charge in [-0.2, -0.15) is 0 Å². The number of carbonyl (C=O) groups excluding carboxylic acids is 1. The summed E-state index contributed by atoms with van der Waals surface area (Å²) >= 11 is 0. The first-order valence-electron chi connectivity index (χ1n) is 14.4. The normalized spacial score (nSPS) is 18.3. The van der Waals surface area contributed by atoms with Crippen molar-refractivity contribution in [1.29, 1.82) is 0 Å². The maximum Gasteiger partial charge on any atom is 0.317 e. The second-order valence-corrected chi connectivity index (χ2v) is 12.0. The van der Waals surface area contributed by atoms with Crippen LogP contribution in [0.3, 0.4) is 0 Å². The summed E-state index contributed by atoms with van der Waals surface area (Å²) in [5.74, 6) is 1.26. The van der Waals surface area contributed by atoms with Crippen LogP contribution < -0.4 is 15.4 Å². The minimum Gasteiger partial charge on any atom is -0.457 e. The number of piperidine rings is 1. The van der Waals surface area contributed by atoms with Crippen LogP contribution in [0.1, 0.15) is 64.9 Å². The molecule has 3 atom stereocenters. The van der Waals surface area contributed by atoms with Gasteiger partial charge in [-0.05, 0) is 69.2 Å². The van der Waals surface area contributed by atoms with Gasteiger partial charge in [-0.1, -0.05) is 57.2 Å². The molecule has 0 spiro atoms. The number of carbonyl (C=O) groups is 1. The Balaban J connectivity index is 1.84. The standard InChI is InChI=1S/C32H49N3O4/c1-31(2,3)22-26(23-33-4)34-30(36)35-20-13-14-25(24-35)32(37,19-11-12-21-38-5)28-17-9-10-18-29(28)39-27-15-7-6-8-16-27/h6-10,15-18,25-26,33,37H,11-14,19-24H2,1-5H3,(H,34,36)/t25-,26+,32+/m1/s1. The lowest BCUT2D eigenvalue weighted by atomic mass is 9.73. The lowest BCUT2D eigenvalue weighted by Crippen LogP contribution is -2.54. The molecule has 0 radical (unpaired) electrons. The van der Waals surface area contributed by atoms with Gasteiger partial charge in [0.2, 0.25) is 0 Å². The summed E-state index contributed by atoms with van der Waals surface area (Å²) in [7, 11) is 3.62. The molecule has 0 bridgehead atoms. The van der Waals surface area contributed by atoms with Crippen LogP contribution in [0, 0.1) is 11.3 Å². The molecule has 0 unspecified atom stereocenters. The molecular formula is C32H49N3O4. The van der Waals surface area contributed by atoms with E-state index in [0.717, 1.165) is 43.4 Å². The first-order valence-corrected chi connectivity index (χ1v) is 14.4. The molecule has 0 saturated carbocycles. The van der Waals surface area contributed by atoms with E-state index in [2.05, 4.69) is 31.4 Å². The van der Waals surface area contributed by atoms with Gasteiger partial charge in [0.15, 0.2) is 0 Å². The van der Waals surface area contributed by atoms with E-state index in [9.17, 15) is 9.90 Å². The molecule has 39 heavy (non-hydrogen) atoms. The highest BCUT2D eigenvalue weighted by molar-refractivity contribution is 5.74.